The molecule has 2 rings (SSSR count). The summed E-state index contributed by atoms with van der Waals surface area (Å²) in [6.45, 7) is 6.12. The quantitative estimate of drug-likeness (QED) is 0.716. The van der Waals surface area contributed by atoms with Crippen LogP contribution < -0.4 is 0 Å². The Labute approximate surface area is 108 Å². The van der Waals surface area contributed by atoms with E-state index in [0.29, 0.717) is 6.42 Å². The first-order chi connectivity index (χ1) is 8.61. The highest BCUT2D eigenvalue weighted by Crippen LogP contribution is 2.22. The monoisotopic (exact) mass is 238 g/mol. The lowest BCUT2D eigenvalue weighted by Crippen LogP contribution is -1.95. The van der Waals surface area contributed by atoms with E-state index < -0.39 is 0 Å². The number of hydrogen-bond donors (Lipinski definition) is 0. The molecule has 1 heteroatoms. The van der Waals surface area contributed by atoms with Gasteiger partial charge in [-0.3, -0.25) is 4.79 Å². The van der Waals surface area contributed by atoms with Crippen molar-refractivity contribution in [3.63, 3.8) is 0 Å². The van der Waals surface area contributed by atoms with Gasteiger partial charge in [0.2, 0.25) is 0 Å². The Hall–Kier alpha value is -1.89. The van der Waals surface area contributed by atoms with Crippen molar-refractivity contribution in [1.82, 2.24) is 0 Å². The third kappa shape index (κ3) is 2.51. The van der Waals surface area contributed by atoms with Crippen LogP contribution in [0, 0.1) is 13.8 Å². The molecule has 0 bridgehead atoms. The van der Waals surface area contributed by atoms with Gasteiger partial charge >= 0.3 is 0 Å². The van der Waals surface area contributed by atoms with Gasteiger partial charge in [0, 0.05) is 12.0 Å². The van der Waals surface area contributed by atoms with E-state index in [2.05, 4.69) is 32.0 Å². The van der Waals surface area contributed by atoms with Gasteiger partial charge in [-0.05, 0) is 36.1 Å². The van der Waals surface area contributed by atoms with Crippen molar-refractivity contribution in [3.8, 4) is 11.1 Å². The zero-order valence-electron chi connectivity index (χ0n) is 11.2. The fourth-order valence-electron chi connectivity index (χ4n) is 1.97. The summed E-state index contributed by atoms with van der Waals surface area (Å²) in [5.74, 6) is 0.196. The van der Waals surface area contributed by atoms with Crippen LogP contribution in [0.25, 0.3) is 11.1 Å². The summed E-state index contributed by atoms with van der Waals surface area (Å²) in [7, 11) is 0. The predicted octanol–water partition coefficient (Wildman–Crippen LogP) is 4.56. The van der Waals surface area contributed by atoms with E-state index in [4.69, 9.17) is 0 Å². The number of ketones is 1. The molecule has 2 aromatic rings. The molecule has 18 heavy (non-hydrogen) atoms. The number of Topliss-reactive ketones (excluding diaryl/α,β-unsaturated/α-hetero) is 1. The summed E-state index contributed by atoms with van der Waals surface area (Å²) in [5.41, 5.74) is 5.75. The highest BCUT2D eigenvalue weighted by atomic mass is 16.1. The molecule has 0 aliphatic rings. The Morgan fingerprint density at radius 3 is 2.06 bits per heavy atom. The predicted molar refractivity (Wildman–Crippen MR) is 76.0 cm³/mol. The van der Waals surface area contributed by atoms with E-state index in [0.717, 1.165) is 11.1 Å². The van der Waals surface area contributed by atoms with Gasteiger partial charge in [-0.25, -0.2) is 0 Å². The largest absolute Gasteiger partial charge is 0.294 e. The Kier molecular flexibility index (Phi) is 3.61. The second kappa shape index (κ2) is 5.18. The summed E-state index contributed by atoms with van der Waals surface area (Å²) in [4.78, 5) is 11.6. The lowest BCUT2D eigenvalue weighted by Gasteiger charge is -2.06. The van der Waals surface area contributed by atoms with Crippen LogP contribution in [0.2, 0.25) is 0 Å². The molecular weight excluding hydrogens is 220 g/mol. The van der Waals surface area contributed by atoms with Gasteiger partial charge in [-0.15, -0.1) is 0 Å². The van der Waals surface area contributed by atoms with Gasteiger partial charge in [0.05, 0.1) is 0 Å². The summed E-state index contributed by atoms with van der Waals surface area (Å²) >= 11 is 0. The number of benzene rings is 2. The van der Waals surface area contributed by atoms with Gasteiger partial charge in [0.1, 0.15) is 0 Å². The second-order valence-corrected chi connectivity index (χ2v) is 4.65. The topological polar surface area (TPSA) is 17.1 Å². The van der Waals surface area contributed by atoms with Crippen molar-refractivity contribution in [2.75, 3.05) is 0 Å². The van der Waals surface area contributed by atoms with E-state index in [-0.39, 0.29) is 5.78 Å². The van der Waals surface area contributed by atoms with Gasteiger partial charge in [-0.2, -0.15) is 0 Å². The van der Waals surface area contributed by atoms with Crippen LogP contribution in [0.5, 0.6) is 0 Å². The van der Waals surface area contributed by atoms with Crippen molar-refractivity contribution in [2.24, 2.45) is 0 Å². The molecule has 92 valence electrons. The van der Waals surface area contributed by atoms with E-state index in [1.165, 1.54) is 16.7 Å². The molecule has 0 fully saturated rings. The minimum absolute atomic E-state index is 0.196. The highest BCUT2D eigenvalue weighted by molar-refractivity contribution is 5.96. The smallest absolute Gasteiger partial charge is 0.162 e. The number of aryl methyl sites for hydroxylation is 2. The average Bonchev–Trinajstić information content (AvgIpc) is 2.41. The zero-order chi connectivity index (χ0) is 13.1. The van der Waals surface area contributed by atoms with E-state index in [1.54, 1.807) is 0 Å². The maximum Gasteiger partial charge on any atom is 0.162 e. The molecule has 0 N–H and O–H groups in total. The second-order valence-electron chi connectivity index (χ2n) is 4.65. The van der Waals surface area contributed by atoms with Crippen LogP contribution in [-0.2, 0) is 0 Å². The molecule has 0 spiro atoms. The molecule has 0 saturated carbocycles. The van der Waals surface area contributed by atoms with Crippen molar-refractivity contribution in [2.45, 2.75) is 27.2 Å². The van der Waals surface area contributed by atoms with Crippen LogP contribution in [0.15, 0.2) is 42.5 Å². The van der Waals surface area contributed by atoms with Gasteiger partial charge in [0.15, 0.2) is 5.78 Å². The first kappa shape index (κ1) is 12.6. The maximum atomic E-state index is 11.6. The average molecular weight is 238 g/mol. The van der Waals surface area contributed by atoms with Gasteiger partial charge in [-0.1, -0.05) is 49.4 Å². The Balaban J connectivity index is 2.34. The van der Waals surface area contributed by atoms with Crippen molar-refractivity contribution >= 4 is 5.78 Å². The number of carbonyl (C=O) groups excluding carboxylic acids is 1. The molecule has 0 heterocycles. The summed E-state index contributed by atoms with van der Waals surface area (Å²) in [6.07, 6.45) is 0.559. The summed E-state index contributed by atoms with van der Waals surface area (Å²) in [6, 6.07) is 14.3. The summed E-state index contributed by atoms with van der Waals surface area (Å²) in [5, 5.41) is 0. The summed E-state index contributed by atoms with van der Waals surface area (Å²) < 4.78 is 0. The first-order valence-corrected chi connectivity index (χ1v) is 6.32. The Morgan fingerprint density at radius 1 is 0.889 bits per heavy atom. The Bertz CT molecular complexity index is 565. The van der Waals surface area contributed by atoms with E-state index in [1.807, 2.05) is 31.2 Å². The first-order valence-electron chi connectivity index (χ1n) is 6.32. The standard InChI is InChI=1S/C17H18O/c1-4-17(18)15-9-7-14(8-10-15)16-6-5-12(2)13(3)11-16/h5-11H,4H2,1-3H3. The zero-order valence-corrected chi connectivity index (χ0v) is 11.2. The van der Waals surface area contributed by atoms with Crippen LogP contribution in [0.4, 0.5) is 0 Å². The van der Waals surface area contributed by atoms with Crippen molar-refractivity contribution < 1.29 is 4.79 Å². The fourth-order valence-corrected chi connectivity index (χ4v) is 1.97. The molecule has 2 aromatic carbocycles. The molecule has 0 saturated heterocycles. The lowest BCUT2D eigenvalue weighted by atomic mass is 9.98. The molecule has 1 nitrogen and oxygen atoms in total. The minimum Gasteiger partial charge on any atom is -0.294 e. The Morgan fingerprint density at radius 2 is 1.50 bits per heavy atom. The van der Waals surface area contributed by atoms with Crippen molar-refractivity contribution in [3.05, 3.63) is 59.2 Å². The van der Waals surface area contributed by atoms with Crippen LogP contribution in [0.3, 0.4) is 0 Å². The van der Waals surface area contributed by atoms with Crippen LogP contribution in [-0.4, -0.2) is 5.78 Å². The van der Waals surface area contributed by atoms with Crippen LogP contribution >= 0.6 is 0 Å². The van der Waals surface area contributed by atoms with Crippen molar-refractivity contribution in [1.29, 1.82) is 0 Å². The fraction of sp³-hybridized carbons (Fsp3) is 0.235. The van der Waals surface area contributed by atoms with Gasteiger partial charge < -0.3 is 0 Å². The number of carbonyl (C=O) groups is 1. The highest BCUT2D eigenvalue weighted by Gasteiger charge is 2.04. The molecule has 0 aromatic heterocycles. The van der Waals surface area contributed by atoms with E-state index >= 15 is 0 Å². The number of rotatable bonds is 3. The third-order valence-electron chi connectivity index (χ3n) is 3.37. The SMILES string of the molecule is CCC(=O)c1ccc(-c2ccc(C)c(C)c2)cc1. The molecule has 0 atom stereocenters. The molecule has 0 amide bonds. The lowest BCUT2D eigenvalue weighted by molar-refractivity contribution is 0.0988. The minimum atomic E-state index is 0.196. The normalized spacial score (nSPS) is 10.4. The molecule has 0 unspecified atom stereocenters. The molecular formula is C17H18O. The van der Waals surface area contributed by atoms with E-state index in [9.17, 15) is 4.79 Å². The third-order valence-corrected chi connectivity index (χ3v) is 3.37. The maximum absolute atomic E-state index is 11.6. The van der Waals surface area contributed by atoms with Gasteiger partial charge in [0.25, 0.3) is 0 Å². The molecule has 0 radical (unpaired) electrons. The molecule has 0 aliphatic heterocycles. The number of hydrogen-bond acceptors (Lipinski definition) is 1. The molecule has 0 aliphatic carbocycles. The van der Waals surface area contributed by atoms with Crippen LogP contribution in [0.1, 0.15) is 34.8 Å².